The van der Waals surface area contributed by atoms with Gasteiger partial charge in [0.05, 0.1) is 12.6 Å². The van der Waals surface area contributed by atoms with Gasteiger partial charge in [-0.15, -0.1) is 0 Å². The van der Waals surface area contributed by atoms with Crippen molar-refractivity contribution in [2.75, 3.05) is 6.61 Å². The third-order valence-corrected chi connectivity index (χ3v) is 1.66. The average molecular weight is 142 g/mol. The fourth-order valence-corrected chi connectivity index (χ4v) is 0.833. The van der Waals surface area contributed by atoms with Crippen LogP contribution in [-0.2, 0) is 4.74 Å². The Hall–Kier alpha value is -0.570. The lowest BCUT2D eigenvalue weighted by atomic mass is 10.1. The molecule has 3 nitrogen and oxygen atoms in total. The molecule has 0 aromatic carbocycles. The molecule has 10 heavy (non-hydrogen) atoms. The topological polar surface area (TPSA) is 47.6 Å². The lowest BCUT2D eigenvalue weighted by molar-refractivity contribution is 0.0168. The van der Waals surface area contributed by atoms with Crippen LogP contribution in [0.5, 0.6) is 0 Å². The maximum Gasteiger partial charge on any atom is 0.126 e. The third kappa shape index (κ3) is 1.29. The zero-order valence-corrected chi connectivity index (χ0v) is 6.72. The molecule has 0 radical (unpaired) electrons. The number of hydrogen-bond acceptors (Lipinski definition) is 3. The van der Waals surface area contributed by atoms with Crippen LogP contribution in [0, 0.1) is 0 Å². The Balaban J connectivity index is 2.78. The highest BCUT2D eigenvalue weighted by molar-refractivity contribution is 5.88. The van der Waals surface area contributed by atoms with Gasteiger partial charge < -0.3 is 10.5 Å². The number of ether oxygens (including phenoxy) is 1. The number of aliphatic imine (C=N–C) groups is 1. The first-order valence-corrected chi connectivity index (χ1v) is 3.50. The lowest BCUT2D eigenvalue weighted by Gasteiger charge is -2.30. The van der Waals surface area contributed by atoms with E-state index >= 15 is 0 Å². The van der Waals surface area contributed by atoms with Gasteiger partial charge in [0.2, 0.25) is 0 Å². The van der Waals surface area contributed by atoms with Gasteiger partial charge in [0.1, 0.15) is 11.4 Å². The zero-order chi connectivity index (χ0) is 7.78. The smallest absolute Gasteiger partial charge is 0.126 e. The molecule has 0 amide bonds. The molecule has 1 unspecified atom stereocenters. The fourth-order valence-electron chi connectivity index (χ4n) is 0.833. The van der Waals surface area contributed by atoms with Crippen molar-refractivity contribution in [1.29, 1.82) is 0 Å². The summed E-state index contributed by atoms with van der Waals surface area (Å²) in [5.41, 5.74) is 5.27. The van der Waals surface area contributed by atoms with E-state index < -0.39 is 0 Å². The van der Waals surface area contributed by atoms with Gasteiger partial charge in [-0.25, -0.2) is 0 Å². The Bertz CT molecular complexity index is 163. The summed E-state index contributed by atoms with van der Waals surface area (Å²) in [7, 11) is 0. The monoisotopic (exact) mass is 142 g/mol. The van der Waals surface area contributed by atoms with E-state index in [9.17, 15) is 0 Å². The van der Waals surface area contributed by atoms with Crippen molar-refractivity contribution in [2.45, 2.75) is 32.4 Å². The second kappa shape index (κ2) is 2.23. The van der Waals surface area contributed by atoms with E-state index in [-0.39, 0.29) is 11.6 Å². The van der Waals surface area contributed by atoms with Gasteiger partial charge in [0, 0.05) is 0 Å². The second-order valence-electron chi connectivity index (χ2n) is 3.18. The molecule has 58 valence electrons. The van der Waals surface area contributed by atoms with Crippen LogP contribution in [0.3, 0.4) is 0 Å². The fraction of sp³-hybridized carbons (Fsp3) is 0.857. The van der Waals surface area contributed by atoms with Gasteiger partial charge in [-0.1, -0.05) is 0 Å². The van der Waals surface area contributed by atoms with Gasteiger partial charge in [-0.05, 0) is 20.8 Å². The lowest BCUT2D eigenvalue weighted by Crippen LogP contribution is -2.46. The second-order valence-corrected chi connectivity index (χ2v) is 3.18. The first kappa shape index (κ1) is 7.54. The maximum absolute atomic E-state index is 5.63. The highest BCUT2D eigenvalue weighted by Crippen LogP contribution is 2.15. The van der Waals surface area contributed by atoms with Crippen molar-refractivity contribution in [3.63, 3.8) is 0 Å². The van der Waals surface area contributed by atoms with Gasteiger partial charge in [0.25, 0.3) is 0 Å². The van der Waals surface area contributed by atoms with Crippen molar-refractivity contribution in [3.05, 3.63) is 0 Å². The summed E-state index contributed by atoms with van der Waals surface area (Å²) < 4.78 is 5.43. The van der Waals surface area contributed by atoms with Crippen molar-refractivity contribution in [2.24, 2.45) is 10.7 Å². The molecule has 1 heterocycles. The molecule has 0 fully saturated rings. The Morgan fingerprint density at radius 3 is 2.70 bits per heavy atom. The summed E-state index contributed by atoms with van der Waals surface area (Å²) in [6, 6.07) is 0.216. The average Bonchev–Trinajstić information content (AvgIpc) is 1.81. The Kier molecular flexibility index (Phi) is 1.68. The summed E-state index contributed by atoms with van der Waals surface area (Å²) >= 11 is 0. The van der Waals surface area contributed by atoms with Crippen molar-refractivity contribution < 1.29 is 4.74 Å². The molecule has 0 aliphatic carbocycles. The minimum atomic E-state index is -0.355. The minimum absolute atomic E-state index is 0.216. The predicted octanol–water partition coefficient (Wildman–Crippen LogP) is 0.541. The molecule has 0 saturated heterocycles. The Morgan fingerprint density at radius 2 is 2.30 bits per heavy atom. The van der Waals surface area contributed by atoms with Gasteiger partial charge in [-0.3, -0.25) is 4.99 Å². The number of nitrogens with two attached hydrogens (primary N) is 1. The SMILES string of the molecule is CC1COC(C)(C)C(N)=N1. The molecular weight excluding hydrogens is 128 g/mol. The van der Waals surface area contributed by atoms with Crippen LogP contribution >= 0.6 is 0 Å². The zero-order valence-electron chi connectivity index (χ0n) is 6.72. The number of rotatable bonds is 0. The standard InChI is InChI=1S/C7H14N2O/c1-5-4-10-7(2,3)6(8)9-5/h5H,4H2,1-3H3,(H2,8,9). The third-order valence-electron chi connectivity index (χ3n) is 1.66. The van der Waals surface area contributed by atoms with Crippen molar-refractivity contribution in [3.8, 4) is 0 Å². The molecule has 2 N–H and O–H groups in total. The van der Waals surface area contributed by atoms with Crippen molar-refractivity contribution >= 4 is 5.84 Å². The van der Waals surface area contributed by atoms with E-state index in [1.54, 1.807) is 0 Å². The summed E-state index contributed by atoms with van der Waals surface area (Å²) in [6.07, 6.45) is 0. The molecule has 0 bridgehead atoms. The molecular formula is C7H14N2O. The molecule has 1 atom stereocenters. The van der Waals surface area contributed by atoms with E-state index in [2.05, 4.69) is 4.99 Å². The largest absolute Gasteiger partial charge is 0.385 e. The van der Waals surface area contributed by atoms with E-state index in [0.29, 0.717) is 12.4 Å². The van der Waals surface area contributed by atoms with E-state index in [1.165, 1.54) is 0 Å². The van der Waals surface area contributed by atoms with Crippen LogP contribution in [-0.4, -0.2) is 24.1 Å². The minimum Gasteiger partial charge on any atom is -0.385 e. The molecule has 0 spiro atoms. The number of nitrogens with zero attached hydrogens (tertiary/aromatic N) is 1. The van der Waals surface area contributed by atoms with Gasteiger partial charge in [-0.2, -0.15) is 0 Å². The van der Waals surface area contributed by atoms with Crippen LogP contribution < -0.4 is 5.73 Å². The molecule has 1 aliphatic rings. The first-order chi connectivity index (χ1) is 4.52. The van der Waals surface area contributed by atoms with Gasteiger partial charge in [0.15, 0.2) is 0 Å². The maximum atomic E-state index is 5.63. The molecule has 1 rings (SSSR count). The molecule has 3 heteroatoms. The van der Waals surface area contributed by atoms with E-state index in [4.69, 9.17) is 10.5 Å². The molecule has 0 aromatic rings. The van der Waals surface area contributed by atoms with Crippen molar-refractivity contribution in [1.82, 2.24) is 0 Å². The summed E-state index contributed by atoms with van der Waals surface area (Å²) in [4.78, 5) is 4.20. The Morgan fingerprint density at radius 1 is 1.70 bits per heavy atom. The number of hydrogen-bond donors (Lipinski definition) is 1. The molecule has 0 saturated carbocycles. The highest BCUT2D eigenvalue weighted by Gasteiger charge is 2.28. The quantitative estimate of drug-likeness (QED) is 0.536. The van der Waals surface area contributed by atoms with Crippen LogP contribution in [0.1, 0.15) is 20.8 Å². The normalized spacial score (nSPS) is 31.5. The molecule has 0 aromatic heterocycles. The predicted molar refractivity (Wildman–Crippen MR) is 41.1 cm³/mol. The summed E-state index contributed by atoms with van der Waals surface area (Å²) in [5.74, 6) is 0.603. The van der Waals surface area contributed by atoms with Gasteiger partial charge >= 0.3 is 0 Å². The van der Waals surface area contributed by atoms with Crippen LogP contribution in [0.25, 0.3) is 0 Å². The van der Waals surface area contributed by atoms with E-state index in [0.717, 1.165) is 0 Å². The van der Waals surface area contributed by atoms with Crippen LogP contribution in [0.4, 0.5) is 0 Å². The summed E-state index contributed by atoms with van der Waals surface area (Å²) in [5, 5.41) is 0. The van der Waals surface area contributed by atoms with Crippen LogP contribution in [0.2, 0.25) is 0 Å². The molecule has 1 aliphatic heterocycles. The van der Waals surface area contributed by atoms with E-state index in [1.807, 2.05) is 20.8 Å². The van der Waals surface area contributed by atoms with Crippen LogP contribution in [0.15, 0.2) is 4.99 Å². The summed E-state index contributed by atoms with van der Waals surface area (Å²) in [6.45, 7) is 6.52. The Labute approximate surface area is 61.3 Å². The first-order valence-electron chi connectivity index (χ1n) is 3.50. The highest BCUT2D eigenvalue weighted by atomic mass is 16.5. The number of amidine groups is 1.